The van der Waals surface area contributed by atoms with Gasteiger partial charge in [0.05, 0.1) is 6.10 Å². The summed E-state index contributed by atoms with van der Waals surface area (Å²) >= 11 is 0. The highest BCUT2D eigenvalue weighted by molar-refractivity contribution is 5.81. The van der Waals surface area contributed by atoms with Crippen molar-refractivity contribution in [1.82, 2.24) is 5.32 Å². The number of nitrogens with one attached hydrogen (secondary N) is 1. The number of hydrogen-bond acceptors (Lipinski definition) is 3. The highest BCUT2D eigenvalue weighted by Crippen LogP contribution is 2.29. The first-order chi connectivity index (χ1) is 10.8. The van der Waals surface area contributed by atoms with Crippen LogP contribution in [-0.4, -0.2) is 30.7 Å². The van der Waals surface area contributed by atoms with Gasteiger partial charge in [-0.3, -0.25) is 4.79 Å². The molecule has 1 aromatic rings. The fourth-order valence-corrected chi connectivity index (χ4v) is 3.74. The fourth-order valence-electron chi connectivity index (χ4n) is 3.74. The Balaban J connectivity index is 1.54. The van der Waals surface area contributed by atoms with E-state index in [4.69, 9.17) is 10.5 Å². The van der Waals surface area contributed by atoms with Gasteiger partial charge in [-0.25, -0.2) is 0 Å². The van der Waals surface area contributed by atoms with E-state index in [-0.39, 0.29) is 24.2 Å². The smallest absolute Gasteiger partial charge is 0.249 e. The van der Waals surface area contributed by atoms with Crippen LogP contribution in [0.15, 0.2) is 30.3 Å². The van der Waals surface area contributed by atoms with Gasteiger partial charge in [-0.1, -0.05) is 36.8 Å². The maximum atomic E-state index is 12.4. The standard InChI is InChI=1S/C18H26N2O2/c19-12-15-9-10-17(22-15)18(21)20-16-8-4-7-14(16)11-13-5-2-1-3-6-13/h1-3,5-6,14-17H,4,7-12,19H2,(H,20,21)/t14?,15-,16?,17+/m1/s1. The van der Waals surface area contributed by atoms with E-state index in [1.807, 2.05) is 6.07 Å². The molecule has 22 heavy (non-hydrogen) atoms. The minimum atomic E-state index is -0.300. The zero-order valence-corrected chi connectivity index (χ0v) is 13.0. The van der Waals surface area contributed by atoms with Gasteiger partial charge < -0.3 is 15.8 Å². The summed E-state index contributed by atoms with van der Waals surface area (Å²) < 4.78 is 5.70. The molecule has 4 atom stereocenters. The number of nitrogens with two attached hydrogens (primary N) is 1. The van der Waals surface area contributed by atoms with Crippen molar-refractivity contribution in [2.24, 2.45) is 11.7 Å². The third-order valence-electron chi connectivity index (χ3n) is 4.99. The summed E-state index contributed by atoms with van der Waals surface area (Å²) in [6, 6.07) is 10.8. The van der Waals surface area contributed by atoms with Crippen molar-refractivity contribution in [3.63, 3.8) is 0 Å². The molecule has 4 heteroatoms. The maximum Gasteiger partial charge on any atom is 0.249 e. The van der Waals surface area contributed by atoms with Crippen molar-refractivity contribution in [2.45, 2.75) is 56.8 Å². The van der Waals surface area contributed by atoms with E-state index in [1.165, 1.54) is 18.4 Å². The normalized spacial score (nSPS) is 31.3. The Labute approximate surface area is 132 Å². The molecular weight excluding hydrogens is 276 g/mol. The lowest BCUT2D eigenvalue weighted by molar-refractivity contribution is -0.132. The van der Waals surface area contributed by atoms with E-state index in [2.05, 4.69) is 29.6 Å². The molecule has 0 radical (unpaired) electrons. The van der Waals surface area contributed by atoms with Crippen LogP contribution in [0.3, 0.4) is 0 Å². The quantitative estimate of drug-likeness (QED) is 0.874. The van der Waals surface area contributed by atoms with Crippen molar-refractivity contribution >= 4 is 5.91 Å². The van der Waals surface area contributed by atoms with Crippen molar-refractivity contribution in [3.05, 3.63) is 35.9 Å². The number of rotatable bonds is 5. The number of hydrogen-bond donors (Lipinski definition) is 2. The third kappa shape index (κ3) is 3.68. The SMILES string of the molecule is NC[C@H]1CC[C@@H](C(=O)NC2CCCC2Cc2ccccc2)O1. The number of carbonyl (C=O) groups excluding carboxylic acids is 1. The largest absolute Gasteiger partial charge is 0.364 e. The highest BCUT2D eigenvalue weighted by atomic mass is 16.5. The molecule has 1 heterocycles. The fraction of sp³-hybridized carbons (Fsp3) is 0.611. The van der Waals surface area contributed by atoms with Crippen molar-refractivity contribution in [2.75, 3.05) is 6.54 Å². The number of amides is 1. The van der Waals surface area contributed by atoms with Gasteiger partial charge in [-0.15, -0.1) is 0 Å². The number of benzene rings is 1. The molecule has 2 fully saturated rings. The molecule has 0 bridgehead atoms. The molecule has 3 N–H and O–H groups in total. The van der Waals surface area contributed by atoms with Crippen LogP contribution in [0.1, 0.15) is 37.7 Å². The Morgan fingerprint density at radius 1 is 1.18 bits per heavy atom. The lowest BCUT2D eigenvalue weighted by atomic mass is 9.94. The van der Waals surface area contributed by atoms with Gasteiger partial charge in [-0.05, 0) is 43.6 Å². The summed E-state index contributed by atoms with van der Waals surface area (Å²) in [6.45, 7) is 0.504. The lowest BCUT2D eigenvalue weighted by Crippen LogP contribution is -2.43. The Morgan fingerprint density at radius 3 is 2.73 bits per heavy atom. The first kappa shape index (κ1) is 15.5. The molecule has 2 unspecified atom stereocenters. The molecule has 2 aliphatic rings. The Morgan fingerprint density at radius 2 is 2.00 bits per heavy atom. The van der Waals surface area contributed by atoms with Crippen LogP contribution in [-0.2, 0) is 16.0 Å². The van der Waals surface area contributed by atoms with E-state index in [0.717, 1.165) is 25.7 Å². The molecule has 1 aliphatic carbocycles. The average Bonchev–Trinajstić information content (AvgIpc) is 3.18. The molecule has 1 aromatic carbocycles. The van der Waals surface area contributed by atoms with E-state index in [0.29, 0.717) is 12.5 Å². The molecule has 3 rings (SSSR count). The number of carbonyl (C=O) groups is 1. The van der Waals surface area contributed by atoms with Crippen LogP contribution in [0.4, 0.5) is 0 Å². The minimum absolute atomic E-state index is 0.0550. The summed E-state index contributed by atoms with van der Waals surface area (Å²) in [4.78, 5) is 12.4. The molecule has 120 valence electrons. The van der Waals surface area contributed by atoms with Crippen LogP contribution >= 0.6 is 0 Å². The third-order valence-corrected chi connectivity index (χ3v) is 4.99. The van der Waals surface area contributed by atoms with Crippen LogP contribution in [0.5, 0.6) is 0 Å². The second kappa shape index (κ2) is 7.25. The van der Waals surface area contributed by atoms with Crippen LogP contribution in [0.2, 0.25) is 0 Å². The topological polar surface area (TPSA) is 64.4 Å². The lowest BCUT2D eigenvalue weighted by Gasteiger charge is -2.23. The van der Waals surface area contributed by atoms with Crippen molar-refractivity contribution in [1.29, 1.82) is 0 Å². The number of ether oxygens (including phenoxy) is 1. The van der Waals surface area contributed by atoms with E-state index in [1.54, 1.807) is 0 Å². The van der Waals surface area contributed by atoms with E-state index in [9.17, 15) is 4.79 Å². The van der Waals surface area contributed by atoms with Crippen LogP contribution in [0, 0.1) is 5.92 Å². The monoisotopic (exact) mass is 302 g/mol. The predicted octanol–water partition coefficient (Wildman–Crippen LogP) is 2.02. The second-order valence-electron chi connectivity index (χ2n) is 6.56. The predicted molar refractivity (Wildman–Crippen MR) is 86.4 cm³/mol. The summed E-state index contributed by atoms with van der Waals surface area (Å²) in [5, 5.41) is 3.23. The molecular formula is C18H26N2O2. The average molecular weight is 302 g/mol. The van der Waals surface area contributed by atoms with Gasteiger partial charge in [0, 0.05) is 12.6 Å². The van der Waals surface area contributed by atoms with Crippen LogP contribution in [0.25, 0.3) is 0 Å². The zero-order valence-electron chi connectivity index (χ0n) is 13.0. The maximum absolute atomic E-state index is 12.4. The van der Waals surface area contributed by atoms with Gasteiger partial charge in [0.1, 0.15) is 6.10 Å². The molecule has 4 nitrogen and oxygen atoms in total. The van der Waals surface area contributed by atoms with E-state index >= 15 is 0 Å². The van der Waals surface area contributed by atoms with Gasteiger partial charge >= 0.3 is 0 Å². The summed E-state index contributed by atoms with van der Waals surface area (Å²) in [6.07, 6.45) is 5.96. The zero-order chi connectivity index (χ0) is 15.4. The summed E-state index contributed by atoms with van der Waals surface area (Å²) in [5.74, 6) is 0.596. The van der Waals surface area contributed by atoms with Gasteiger partial charge in [0.25, 0.3) is 0 Å². The Kier molecular flexibility index (Phi) is 5.11. The Bertz CT molecular complexity index is 491. The van der Waals surface area contributed by atoms with Gasteiger partial charge in [-0.2, -0.15) is 0 Å². The van der Waals surface area contributed by atoms with Crippen molar-refractivity contribution in [3.8, 4) is 0 Å². The molecule has 0 spiro atoms. The highest BCUT2D eigenvalue weighted by Gasteiger charge is 2.34. The van der Waals surface area contributed by atoms with Gasteiger partial charge in [0.2, 0.25) is 5.91 Å². The first-order valence-electron chi connectivity index (χ1n) is 8.46. The minimum Gasteiger partial charge on any atom is -0.364 e. The van der Waals surface area contributed by atoms with Gasteiger partial charge in [0.15, 0.2) is 0 Å². The molecule has 1 saturated heterocycles. The second-order valence-corrected chi connectivity index (χ2v) is 6.56. The Hall–Kier alpha value is -1.39. The summed E-state index contributed by atoms with van der Waals surface area (Å²) in [7, 11) is 0. The first-order valence-corrected chi connectivity index (χ1v) is 8.46. The molecule has 1 saturated carbocycles. The van der Waals surface area contributed by atoms with Crippen LogP contribution < -0.4 is 11.1 Å². The molecule has 0 aromatic heterocycles. The summed E-state index contributed by atoms with van der Waals surface area (Å²) in [5.41, 5.74) is 6.97. The molecule has 1 aliphatic heterocycles. The molecule has 1 amide bonds. The van der Waals surface area contributed by atoms with E-state index < -0.39 is 0 Å². The van der Waals surface area contributed by atoms with Crippen molar-refractivity contribution < 1.29 is 9.53 Å².